The molecule has 1 amide bonds. The molecule has 4 nitrogen and oxygen atoms in total. The number of aryl methyl sites for hydroxylation is 1. The third-order valence-electron chi connectivity index (χ3n) is 4.07. The van der Waals surface area contributed by atoms with Crippen LogP contribution in [0, 0.1) is 12.3 Å². The summed E-state index contributed by atoms with van der Waals surface area (Å²) in [6.45, 7) is 7.36. The zero-order valence-electron chi connectivity index (χ0n) is 13.5. The maximum atomic E-state index is 12.8. The van der Waals surface area contributed by atoms with E-state index in [4.69, 9.17) is 0 Å². The third-order valence-corrected chi connectivity index (χ3v) is 4.07. The summed E-state index contributed by atoms with van der Waals surface area (Å²) in [6, 6.07) is 0.805. The molecule has 2 N–H and O–H groups in total. The van der Waals surface area contributed by atoms with Crippen LogP contribution < -0.4 is 10.6 Å². The predicted molar refractivity (Wildman–Crippen MR) is 81.1 cm³/mol. The summed E-state index contributed by atoms with van der Waals surface area (Å²) >= 11 is 0. The average Bonchev–Trinajstić information content (AvgIpc) is 2.58. The molecular formula is C16H22F3N3O. The fourth-order valence-corrected chi connectivity index (χ4v) is 2.85. The Balaban J connectivity index is 2.17. The molecule has 1 atom stereocenters. The number of nitrogens with one attached hydrogen (secondary N) is 2. The van der Waals surface area contributed by atoms with Gasteiger partial charge in [-0.05, 0) is 37.8 Å². The van der Waals surface area contributed by atoms with Gasteiger partial charge < -0.3 is 10.6 Å². The molecule has 0 aliphatic carbocycles. The van der Waals surface area contributed by atoms with Gasteiger partial charge in [0.25, 0.3) is 5.91 Å². The van der Waals surface area contributed by atoms with Crippen molar-refractivity contribution in [2.75, 3.05) is 13.1 Å². The van der Waals surface area contributed by atoms with Crippen LogP contribution in [-0.2, 0) is 6.18 Å². The van der Waals surface area contributed by atoms with E-state index in [1.807, 2.05) is 0 Å². The van der Waals surface area contributed by atoms with Gasteiger partial charge in [0, 0.05) is 24.5 Å². The van der Waals surface area contributed by atoms with E-state index < -0.39 is 17.6 Å². The molecule has 1 saturated heterocycles. The van der Waals surface area contributed by atoms with Crippen LogP contribution in [0.2, 0.25) is 0 Å². The van der Waals surface area contributed by atoms with Crippen molar-refractivity contribution in [1.82, 2.24) is 15.6 Å². The maximum Gasteiger partial charge on any atom is 0.417 e. The first-order valence-electron chi connectivity index (χ1n) is 7.64. The zero-order chi connectivity index (χ0) is 17.3. The molecule has 1 fully saturated rings. The lowest BCUT2D eigenvalue weighted by molar-refractivity contribution is -0.137. The fourth-order valence-electron chi connectivity index (χ4n) is 2.85. The van der Waals surface area contributed by atoms with E-state index in [1.165, 1.54) is 6.92 Å². The van der Waals surface area contributed by atoms with Crippen molar-refractivity contribution < 1.29 is 18.0 Å². The summed E-state index contributed by atoms with van der Waals surface area (Å²) in [4.78, 5) is 16.1. The van der Waals surface area contributed by atoms with Crippen LogP contribution in [0.5, 0.6) is 0 Å². The van der Waals surface area contributed by atoms with Gasteiger partial charge in [-0.3, -0.25) is 9.78 Å². The summed E-state index contributed by atoms with van der Waals surface area (Å²) in [6.07, 6.45) is -2.23. The molecule has 1 aromatic heterocycles. The van der Waals surface area contributed by atoms with Gasteiger partial charge in [-0.25, -0.2) is 0 Å². The average molecular weight is 329 g/mol. The molecule has 1 unspecified atom stereocenters. The maximum absolute atomic E-state index is 12.8. The molecule has 0 bridgehead atoms. The Bertz CT molecular complexity index is 584. The van der Waals surface area contributed by atoms with Crippen molar-refractivity contribution in [3.63, 3.8) is 0 Å². The molecular weight excluding hydrogens is 307 g/mol. The number of pyridine rings is 1. The lowest BCUT2D eigenvalue weighted by atomic mass is 9.86. The summed E-state index contributed by atoms with van der Waals surface area (Å²) in [5.74, 6) is -0.496. The van der Waals surface area contributed by atoms with Gasteiger partial charge >= 0.3 is 6.18 Å². The first kappa shape index (κ1) is 17.7. The minimum atomic E-state index is -4.51. The quantitative estimate of drug-likeness (QED) is 0.877. The minimum Gasteiger partial charge on any atom is -0.349 e. The first-order valence-corrected chi connectivity index (χ1v) is 7.64. The van der Waals surface area contributed by atoms with Crippen LogP contribution in [0.1, 0.15) is 48.3 Å². The molecule has 1 aromatic rings. The van der Waals surface area contributed by atoms with Crippen molar-refractivity contribution in [3.05, 3.63) is 29.1 Å². The number of hydrogen-bond donors (Lipinski definition) is 2. The van der Waals surface area contributed by atoms with Crippen LogP contribution in [-0.4, -0.2) is 30.0 Å². The van der Waals surface area contributed by atoms with Gasteiger partial charge in [0.1, 0.15) is 0 Å². The lowest BCUT2D eigenvalue weighted by Crippen LogP contribution is -2.38. The zero-order valence-corrected chi connectivity index (χ0v) is 13.5. The molecule has 2 rings (SSSR count). The fraction of sp³-hybridized carbons (Fsp3) is 0.625. The monoisotopic (exact) mass is 329 g/mol. The number of nitrogens with zero attached hydrogens (tertiary/aromatic N) is 1. The Kier molecular flexibility index (Phi) is 4.98. The topological polar surface area (TPSA) is 54.0 Å². The van der Waals surface area contributed by atoms with Crippen LogP contribution >= 0.6 is 0 Å². The largest absolute Gasteiger partial charge is 0.417 e. The number of carbonyl (C=O) groups is 1. The summed E-state index contributed by atoms with van der Waals surface area (Å²) in [5, 5.41) is 6.17. The van der Waals surface area contributed by atoms with Crippen LogP contribution in [0.4, 0.5) is 13.2 Å². The highest BCUT2D eigenvalue weighted by molar-refractivity contribution is 5.95. The third kappa shape index (κ3) is 4.67. The molecule has 0 spiro atoms. The van der Waals surface area contributed by atoms with Crippen LogP contribution in [0.3, 0.4) is 0 Å². The molecule has 128 valence electrons. The van der Waals surface area contributed by atoms with E-state index in [1.54, 1.807) is 0 Å². The van der Waals surface area contributed by atoms with Crippen molar-refractivity contribution in [2.45, 2.75) is 45.8 Å². The second-order valence-electron chi connectivity index (χ2n) is 6.86. The highest BCUT2D eigenvalue weighted by Crippen LogP contribution is 2.30. The second kappa shape index (κ2) is 6.47. The van der Waals surface area contributed by atoms with Crippen molar-refractivity contribution in [3.8, 4) is 0 Å². The minimum absolute atomic E-state index is 0.0187. The summed E-state index contributed by atoms with van der Waals surface area (Å²) < 4.78 is 38.4. The van der Waals surface area contributed by atoms with Crippen molar-refractivity contribution >= 4 is 5.91 Å². The van der Waals surface area contributed by atoms with Crippen molar-refractivity contribution in [1.29, 1.82) is 0 Å². The van der Waals surface area contributed by atoms with Crippen molar-refractivity contribution in [2.24, 2.45) is 5.41 Å². The van der Waals surface area contributed by atoms with Gasteiger partial charge in [-0.1, -0.05) is 13.8 Å². The Morgan fingerprint density at radius 1 is 1.43 bits per heavy atom. The number of rotatable bonds is 2. The van der Waals surface area contributed by atoms with Gasteiger partial charge in [0.15, 0.2) is 0 Å². The number of carbonyl (C=O) groups excluding carboxylic acids is 1. The van der Waals surface area contributed by atoms with E-state index in [0.29, 0.717) is 5.69 Å². The molecule has 1 aliphatic heterocycles. The van der Waals surface area contributed by atoms with Crippen LogP contribution in [0.15, 0.2) is 12.3 Å². The van der Waals surface area contributed by atoms with E-state index in [0.717, 1.165) is 38.2 Å². The Morgan fingerprint density at radius 3 is 2.78 bits per heavy atom. The van der Waals surface area contributed by atoms with Gasteiger partial charge in [0.05, 0.1) is 11.1 Å². The molecule has 7 heteroatoms. The molecule has 0 radical (unpaired) electrons. The number of halogens is 3. The van der Waals surface area contributed by atoms with E-state index in [-0.39, 0.29) is 17.0 Å². The SMILES string of the molecule is Cc1ncc(C(F)(F)F)cc1C(=O)NC1CCNCC(C)(C)C1. The number of hydrogen-bond acceptors (Lipinski definition) is 3. The number of alkyl halides is 3. The molecule has 2 heterocycles. The smallest absolute Gasteiger partial charge is 0.349 e. The number of amides is 1. The Labute approximate surface area is 133 Å². The van der Waals surface area contributed by atoms with Crippen LogP contribution in [0.25, 0.3) is 0 Å². The predicted octanol–water partition coefficient (Wildman–Crippen LogP) is 2.92. The Morgan fingerprint density at radius 2 is 2.13 bits per heavy atom. The van der Waals surface area contributed by atoms with E-state index in [2.05, 4.69) is 29.5 Å². The van der Waals surface area contributed by atoms with E-state index >= 15 is 0 Å². The second-order valence-corrected chi connectivity index (χ2v) is 6.86. The Hall–Kier alpha value is -1.63. The van der Waals surface area contributed by atoms with Gasteiger partial charge in [0.2, 0.25) is 0 Å². The molecule has 0 aromatic carbocycles. The molecule has 0 saturated carbocycles. The first-order chi connectivity index (χ1) is 10.6. The highest BCUT2D eigenvalue weighted by Gasteiger charge is 2.33. The standard InChI is InChI=1S/C16H22F3N3O/c1-10-13(6-11(8-21-10)16(17,18)19)14(23)22-12-4-5-20-9-15(2,3)7-12/h6,8,12,20H,4-5,7,9H2,1-3H3,(H,22,23). The molecule has 1 aliphatic rings. The highest BCUT2D eigenvalue weighted by atomic mass is 19.4. The van der Waals surface area contributed by atoms with Gasteiger partial charge in [-0.15, -0.1) is 0 Å². The molecule has 23 heavy (non-hydrogen) atoms. The van der Waals surface area contributed by atoms with Gasteiger partial charge in [-0.2, -0.15) is 13.2 Å². The summed E-state index contributed by atoms with van der Waals surface area (Å²) in [7, 11) is 0. The number of aromatic nitrogens is 1. The van der Waals surface area contributed by atoms with E-state index in [9.17, 15) is 18.0 Å². The normalized spacial score (nSPS) is 21.6. The lowest BCUT2D eigenvalue weighted by Gasteiger charge is -2.26. The summed E-state index contributed by atoms with van der Waals surface area (Å²) in [5.41, 5.74) is -0.609.